The summed E-state index contributed by atoms with van der Waals surface area (Å²) in [5, 5.41) is 21.6. The molecular formula is C15H12N4O4S. The van der Waals surface area contributed by atoms with E-state index in [1.54, 1.807) is 31.2 Å². The van der Waals surface area contributed by atoms with Crippen molar-refractivity contribution in [3.63, 3.8) is 0 Å². The number of carbonyl (C=O) groups excluding carboxylic acids is 1. The van der Waals surface area contributed by atoms with E-state index < -0.39 is 4.92 Å². The summed E-state index contributed by atoms with van der Waals surface area (Å²) < 4.78 is 5.63. The third-order valence-corrected chi connectivity index (χ3v) is 4.09. The van der Waals surface area contributed by atoms with Gasteiger partial charge in [-0.05, 0) is 31.2 Å². The molecule has 24 heavy (non-hydrogen) atoms. The second-order valence-electron chi connectivity index (χ2n) is 4.95. The number of nitrogens with zero attached hydrogens (tertiary/aromatic N) is 3. The van der Waals surface area contributed by atoms with Gasteiger partial charge in [-0.1, -0.05) is 11.8 Å². The van der Waals surface area contributed by atoms with E-state index >= 15 is 0 Å². The van der Waals surface area contributed by atoms with E-state index in [2.05, 4.69) is 15.5 Å². The van der Waals surface area contributed by atoms with Crippen molar-refractivity contribution in [1.29, 1.82) is 0 Å². The highest BCUT2D eigenvalue weighted by Gasteiger charge is 2.16. The number of nitrogens with one attached hydrogen (secondary N) is 1. The molecule has 0 bridgehead atoms. The van der Waals surface area contributed by atoms with Crippen molar-refractivity contribution in [1.82, 2.24) is 5.32 Å². The van der Waals surface area contributed by atoms with Crippen LogP contribution in [0, 0.1) is 17.0 Å². The van der Waals surface area contributed by atoms with Gasteiger partial charge in [0.2, 0.25) is 5.91 Å². The largest absolute Gasteiger partial charge is 0.455 e. The molecule has 1 aromatic carbocycles. The Hall–Kier alpha value is -2.94. The first kappa shape index (κ1) is 15.9. The number of aryl methyl sites for hydroxylation is 1. The van der Waals surface area contributed by atoms with Gasteiger partial charge in [-0.3, -0.25) is 14.9 Å². The van der Waals surface area contributed by atoms with E-state index in [-0.39, 0.29) is 11.6 Å². The van der Waals surface area contributed by atoms with Crippen LogP contribution < -0.4 is 5.32 Å². The number of nitro groups is 1. The second kappa shape index (κ2) is 6.67. The molecule has 1 aliphatic rings. The summed E-state index contributed by atoms with van der Waals surface area (Å²) in [5.41, 5.74) is 1.37. The van der Waals surface area contributed by atoms with Crippen LogP contribution in [0.25, 0.3) is 11.3 Å². The number of amidine groups is 1. The first-order valence-corrected chi connectivity index (χ1v) is 7.90. The lowest BCUT2D eigenvalue weighted by atomic mass is 10.1. The molecule has 1 N–H and O–H groups in total. The lowest BCUT2D eigenvalue weighted by molar-refractivity contribution is -0.385. The SMILES string of the molecule is Cc1cc(-c2ccc(/C=N\N=C3/NC(=O)CS3)o2)ccc1[N+](=O)[O-]. The average molecular weight is 344 g/mol. The van der Waals surface area contributed by atoms with Gasteiger partial charge in [0.25, 0.3) is 5.69 Å². The van der Waals surface area contributed by atoms with Crippen LogP contribution in [-0.4, -0.2) is 28.0 Å². The Morgan fingerprint density at radius 1 is 1.38 bits per heavy atom. The molecule has 9 heteroatoms. The summed E-state index contributed by atoms with van der Waals surface area (Å²) in [6, 6.07) is 8.25. The lowest BCUT2D eigenvalue weighted by Crippen LogP contribution is -2.19. The summed E-state index contributed by atoms with van der Waals surface area (Å²) >= 11 is 1.28. The Morgan fingerprint density at radius 2 is 2.21 bits per heavy atom. The highest BCUT2D eigenvalue weighted by atomic mass is 32.2. The summed E-state index contributed by atoms with van der Waals surface area (Å²) in [6.07, 6.45) is 1.43. The number of nitro benzene ring substituents is 1. The normalized spacial score (nSPS) is 16.0. The van der Waals surface area contributed by atoms with Gasteiger partial charge in [-0.15, -0.1) is 5.10 Å². The minimum atomic E-state index is -0.418. The fourth-order valence-electron chi connectivity index (χ4n) is 2.11. The maximum Gasteiger partial charge on any atom is 0.272 e. The van der Waals surface area contributed by atoms with Crippen LogP contribution in [0.5, 0.6) is 0 Å². The van der Waals surface area contributed by atoms with Crippen molar-refractivity contribution in [2.75, 3.05) is 5.75 Å². The van der Waals surface area contributed by atoms with Gasteiger partial charge in [0.15, 0.2) is 5.17 Å². The molecule has 2 heterocycles. The van der Waals surface area contributed by atoms with Gasteiger partial charge in [-0.2, -0.15) is 5.10 Å². The maximum absolute atomic E-state index is 11.0. The smallest absolute Gasteiger partial charge is 0.272 e. The standard InChI is InChI=1S/C15H12N4O4S/c1-9-6-10(2-4-12(9)19(21)22)13-5-3-11(23-13)7-16-18-15-17-14(20)8-24-15/h2-7H,8H2,1H3,(H,17,18,20)/b16-7-. The molecular weight excluding hydrogens is 332 g/mol. The van der Waals surface area contributed by atoms with E-state index in [1.165, 1.54) is 24.0 Å². The zero-order valence-electron chi connectivity index (χ0n) is 12.6. The number of hydrogen-bond donors (Lipinski definition) is 1. The van der Waals surface area contributed by atoms with E-state index in [1.807, 2.05) is 0 Å². The van der Waals surface area contributed by atoms with Crippen molar-refractivity contribution in [3.05, 3.63) is 51.8 Å². The Bertz CT molecular complexity index is 872. The molecule has 8 nitrogen and oxygen atoms in total. The van der Waals surface area contributed by atoms with Gasteiger partial charge in [-0.25, -0.2) is 0 Å². The fourth-order valence-corrected chi connectivity index (χ4v) is 2.74. The number of rotatable bonds is 4. The molecule has 0 saturated carbocycles. The molecule has 0 radical (unpaired) electrons. The molecule has 1 amide bonds. The van der Waals surface area contributed by atoms with E-state index in [9.17, 15) is 14.9 Å². The van der Waals surface area contributed by atoms with Gasteiger partial charge < -0.3 is 9.73 Å². The highest BCUT2D eigenvalue weighted by Crippen LogP contribution is 2.27. The van der Waals surface area contributed by atoms with Crippen LogP contribution >= 0.6 is 11.8 Å². The zero-order chi connectivity index (χ0) is 17.1. The van der Waals surface area contributed by atoms with Crippen molar-refractivity contribution >= 4 is 34.7 Å². The topological polar surface area (TPSA) is 110 Å². The van der Waals surface area contributed by atoms with Gasteiger partial charge >= 0.3 is 0 Å². The molecule has 1 aromatic heterocycles. The molecule has 1 aliphatic heterocycles. The quantitative estimate of drug-likeness (QED) is 0.521. The van der Waals surface area contributed by atoms with Crippen molar-refractivity contribution in [2.45, 2.75) is 6.92 Å². The predicted octanol–water partition coefficient (Wildman–Crippen LogP) is 2.72. The average Bonchev–Trinajstić information content (AvgIpc) is 3.16. The van der Waals surface area contributed by atoms with Crippen LogP contribution in [-0.2, 0) is 4.79 Å². The third-order valence-electron chi connectivity index (χ3n) is 3.22. The Morgan fingerprint density at radius 3 is 2.88 bits per heavy atom. The van der Waals surface area contributed by atoms with Crippen LogP contribution in [0.4, 0.5) is 5.69 Å². The molecule has 0 unspecified atom stereocenters. The predicted molar refractivity (Wildman–Crippen MR) is 91.2 cm³/mol. The van der Waals surface area contributed by atoms with E-state index in [0.717, 1.165) is 5.56 Å². The molecule has 1 fully saturated rings. The van der Waals surface area contributed by atoms with Crippen molar-refractivity contribution in [2.24, 2.45) is 10.2 Å². The van der Waals surface area contributed by atoms with Crippen LogP contribution in [0.3, 0.4) is 0 Å². The van der Waals surface area contributed by atoms with Crippen LogP contribution in [0.15, 0.2) is 45.0 Å². The van der Waals surface area contributed by atoms with E-state index in [4.69, 9.17) is 4.42 Å². The minimum Gasteiger partial charge on any atom is -0.455 e. The van der Waals surface area contributed by atoms with Gasteiger partial charge in [0.1, 0.15) is 11.5 Å². The number of carbonyl (C=O) groups is 1. The molecule has 2 aromatic rings. The highest BCUT2D eigenvalue weighted by molar-refractivity contribution is 8.15. The Labute approximate surface area is 140 Å². The summed E-state index contributed by atoms with van der Waals surface area (Å²) in [4.78, 5) is 21.4. The maximum atomic E-state index is 11.0. The number of amides is 1. The van der Waals surface area contributed by atoms with Crippen LogP contribution in [0.1, 0.15) is 11.3 Å². The summed E-state index contributed by atoms with van der Waals surface area (Å²) in [7, 11) is 0. The van der Waals surface area contributed by atoms with E-state index in [0.29, 0.717) is 28.0 Å². The summed E-state index contributed by atoms with van der Waals surface area (Å²) in [5.74, 6) is 1.31. The molecule has 3 rings (SSSR count). The number of thioether (sulfide) groups is 1. The minimum absolute atomic E-state index is 0.0685. The number of hydrogen-bond acceptors (Lipinski definition) is 7. The first-order chi connectivity index (χ1) is 11.5. The number of benzene rings is 1. The Kier molecular flexibility index (Phi) is 4.43. The molecule has 1 saturated heterocycles. The third kappa shape index (κ3) is 3.51. The number of furan rings is 1. The zero-order valence-corrected chi connectivity index (χ0v) is 13.4. The first-order valence-electron chi connectivity index (χ1n) is 6.92. The molecule has 0 aliphatic carbocycles. The Balaban J connectivity index is 1.75. The second-order valence-corrected chi connectivity index (χ2v) is 5.91. The fraction of sp³-hybridized carbons (Fsp3) is 0.133. The van der Waals surface area contributed by atoms with Crippen molar-refractivity contribution < 1.29 is 14.1 Å². The lowest BCUT2D eigenvalue weighted by Gasteiger charge is -2.00. The molecule has 122 valence electrons. The van der Waals surface area contributed by atoms with Crippen molar-refractivity contribution in [3.8, 4) is 11.3 Å². The molecule has 0 spiro atoms. The summed E-state index contributed by atoms with van der Waals surface area (Å²) in [6.45, 7) is 1.68. The monoisotopic (exact) mass is 344 g/mol. The van der Waals surface area contributed by atoms with Crippen LogP contribution in [0.2, 0.25) is 0 Å². The van der Waals surface area contributed by atoms with Gasteiger partial charge in [0, 0.05) is 17.2 Å². The van der Waals surface area contributed by atoms with Gasteiger partial charge in [0.05, 0.1) is 16.9 Å². The molecule has 0 atom stereocenters.